The first-order valence-corrected chi connectivity index (χ1v) is 6.79. The van der Waals surface area contributed by atoms with Gasteiger partial charge in [-0.2, -0.15) is 0 Å². The minimum Gasteiger partial charge on any atom is -0.389 e. The molecule has 0 aliphatic heterocycles. The van der Waals surface area contributed by atoms with Gasteiger partial charge >= 0.3 is 0 Å². The van der Waals surface area contributed by atoms with E-state index in [0.29, 0.717) is 12.5 Å². The molecule has 0 aliphatic rings. The monoisotopic (exact) mass is 249 g/mol. The number of hydrogen-bond acceptors (Lipinski definition) is 2. The van der Waals surface area contributed by atoms with Crippen molar-refractivity contribution in [3.05, 3.63) is 34.9 Å². The third-order valence-electron chi connectivity index (χ3n) is 3.17. The Morgan fingerprint density at radius 1 is 1.28 bits per heavy atom. The average molecular weight is 249 g/mol. The second kappa shape index (κ2) is 6.35. The van der Waals surface area contributed by atoms with Crippen LogP contribution in [0.25, 0.3) is 0 Å². The van der Waals surface area contributed by atoms with E-state index in [-0.39, 0.29) is 0 Å². The summed E-state index contributed by atoms with van der Waals surface area (Å²) in [7, 11) is 0. The van der Waals surface area contributed by atoms with Crippen molar-refractivity contribution in [2.45, 2.75) is 53.2 Å². The fourth-order valence-electron chi connectivity index (χ4n) is 2.41. The molecular formula is C16H27NO. The van der Waals surface area contributed by atoms with E-state index in [0.717, 1.165) is 13.0 Å². The van der Waals surface area contributed by atoms with E-state index in [4.69, 9.17) is 0 Å². The van der Waals surface area contributed by atoms with Crippen LogP contribution in [-0.2, 0) is 6.54 Å². The van der Waals surface area contributed by atoms with Crippen LogP contribution < -0.4 is 5.32 Å². The smallest absolute Gasteiger partial charge is 0.0746 e. The van der Waals surface area contributed by atoms with Gasteiger partial charge in [0.2, 0.25) is 0 Å². The van der Waals surface area contributed by atoms with Crippen molar-refractivity contribution < 1.29 is 5.11 Å². The fourth-order valence-corrected chi connectivity index (χ4v) is 2.41. The lowest BCUT2D eigenvalue weighted by atomic mass is 9.94. The second-order valence-corrected chi connectivity index (χ2v) is 6.13. The van der Waals surface area contributed by atoms with Crippen LogP contribution in [0.3, 0.4) is 0 Å². The van der Waals surface area contributed by atoms with Crippen LogP contribution in [0.5, 0.6) is 0 Å². The van der Waals surface area contributed by atoms with Crippen molar-refractivity contribution in [1.29, 1.82) is 0 Å². The molecule has 102 valence electrons. The van der Waals surface area contributed by atoms with Gasteiger partial charge in [0, 0.05) is 13.1 Å². The van der Waals surface area contributed by atoms with Crippen molar-refractivity contribution >= 4 is 0 Å². The molecule has 0 aliphatic carbocycles. The average Bonchev–Trinajstić information content (AvgIpc) is 2.21. The van der Waals surface area contributed by atoms with Crippen molar-refractivity contribution in [2.24, 2.45) is 5.92 Å². The number of nitrogens with one attached hydrogen (secondary N) is 1. The molecule has 2 N–H and O–H groups in total. The molecule has 1 rings (SSSR count). The molecule has 18 heavy (non-hydrogen) atoms. The highest BCUT2D eigenvalue weighted by Gasteiger charge is 2.21. The molecule has 1 aromatic carbocycles. The Balaban J connectivity index is 2.48. The normalized spacial score (nSPS) is 14.8. The number of rotatable bonds is 6. The molecule has 0 saturated heterocycles. The number of aryl methyl sites for hydroxylation is 2. The first kappa shape index (κ1) is 15.2. The van der Waals surface area contributed by atoms with Gasteiger partial charge in [-0.05, 0) is 44.2 Å². The molecule has 0 bridgehead atoms. The predicted octanol–water partition coefficient (Wildman–Crippen LogP) is 3.19. The van der Waals surface area contributed by atoms with Gasteiger partial charge in [-0.1, -0.05) is 37.6 Å². The molecule has 0 saturated carbocycles. The van der Waals surface area contributed by atoms with E-state index in [1.165, 1.54) is 16.7 Å². The summed E-state index contributed by atoms with van der Waals surface area (Å²) in [6.07, 6.45) is 0.826. The summed E-state index contributed by atoms with van der Waals surface area (Å²) >= 11 is 0. The van der Waals surface area contributed by atoms with Gasteiger partial charge in [-0.25, -0.2) is 0 Å². The van der Waals surface area contributed by atoms with Crippen LogP contribution in [-0.4, -0.2) is 17.3 Å². The standard InChI is InChI=1S/C16H27NO/c1-12(2)9-16(5,18)11-17-10-15-8-13(3)6-7-14(15)4/h6-8,12,17-18H,9-11H2,1-5H3. The minimum absolute atomic E-state index is 0.516. The molecule has 1 atom stereocenters. The summed E-state index contributed by atoms with van der Waals surface area (Å²) in [6, 6.07) is 6.49. The molecule has 0 amide bonds. The minimum atomic E-state index is -0.619. The summed E-state index contributed by atoms with van der Waals surface area (Å²) in [5.41, 5.74) is 3.28. The molecule has 2 heteroatoms. The molecule has 0 heterocycles. The van der Waals surface area contributed by atoms with Crippen LogP contribution >= 0.6 is 0 Å². The van der Waals surface area contributed by atoms with Gasteiger partial charge in [-0.3, -0.25) is 0 Å². The zero-order chi connectivity index (χ0) is 13.8. The Morgan fingerprint density at radius 2 is 1.94 bits per heavy atom. The van der Waals surface area contributed by atoms with Crippen molar-refractivity contribution in [3.8, 4) is 0 Å². The van der Waals surface area contributed by atoms with E-state index in [1.807, 2.05) is 6.92 Å². The second-order valence-electron chi connectivity index (χ2n) is 6.13. The Bertz CT molecular complexity index is 383. The van der Waals surface area contributed by atoms with Gasteiger partial charge in [0.15, 0.2) is 0 Å². The Labute approximate surface area is 111 Å². The quantitative estimate of drug-likeness (QED) is 0.811. The van der Waals surface area contributed by atoms with Crippen LogP contribution in [0.2, 0.25) is 0 Å². The summed E-state index contributed by atoms with van der Waals surface area (Å²) in [5, 5.41) is 13.6. The largest absolute Gasteiger partial charge is 0.389 e. The Hall–Kier alpha value is -0.860. The fraction of sp³-hybridized carbons (Fsp3) is 0.625. The molecular weight excluding hydrogens is 222 g/mol. The lowest BCUT2D eigenvalue weighted by molar-refractivity contribution is 0.0383. The number of hydrogen-bond donors (Lipinski definition) is 2. The highest BCUT2D eigenvalue weighted by atomic mass is 16.3. The zero-order valence-corrected chi connectivity index (χ0v) is 12.4. The first-order valence-electron chi connectivity index (χ1n) is 6.79. The predicted molar refractivity (Wildman–Crippen MR) is 77.7 cm³/mol. The molecule has 1 unspecified atom stereocenters. The van der Waals surface area contributed by atoms with Gasteiger partial charge in [-0.15, -0.1) is 0 Å². The summed E-state index contributed by atoms with van der Waals surface area (Å²) in [6.45, 7) is 11.9. The molecule has 1 aromatic rings. The first-order chi connectivity index (χ1) is 8.30. The molecule has 2 nitrogen and oxygen atoms in total. The summed E-state index contributed by atoms with van der Waals surface area (Å²) in [5.74, 6) is 0.516. The van der Waals surface area contributed by atoms with Gasteiger partial charge < -0.3 is 10.4 Å². The van der Waals surface area contributed by atoms with Crippen LogP contribution in [0.4, 0.5) is 0 Å². The number of aliphatic hydroxyl groups is 1. The third-order valence-corrected chi connectivity index (χ3v) is 3.17. The third kappa shape index (κ3) is 5.19. The van der Waals surface area contributed by atoms with E-state index in [1.54, 1.807) is 0 Å². The van der Waals surface area contributed by atoms with Crippen LogP contribution in [0, 0.1) is 19.8 Å². The Kier molecular flexibility index (Phi) is 5.36. The van der Waals surface area contributed by atoms with Crippen molar-refractivity contribution in [2.75, 3.05) is 6.54 Å². The summed E-state index contributed by atoms with van der Waals surface area (Å²) in [4.78, 5) is 0. The van der Waals surface area contributed by atoms with Crippen LogP contribution in [0.1, 0.15) is 43.9 Å². The van der Waals surface area contributed by atoms with E-state index < -0.39 is 5.60 Å². The van der Waals surface area contributed by atoms with Gasteiger partial charge in [0.1, 0.15) is 0 Å². The van der Waals surface area contributed by atoms with E-state index in [2.05, 4.69) is 51.2 Å². The van der Waals surface area contributed by atoms with E-state index in [9.17, 15) is 5.11 Å². The van der Waals surface area contributed by atoms with Gasteiger partial charge in [0.25, 0.3) is 0 Å². The Morgan fingerprint density at radius 3 is 2.56 bits per heavy atom. The maximum Gasteiger partial charge on any atom is 0.0746 e. The maximum absolute atomic E-state index is 10.2. The molecule has 0 spiro atoms. The maximum atomic E-state index is 10.2. The van der Waals surface area contributed by atoms with Crippen molar-refractivity contribution in [3.63, 3.8) is 0 Å². The molecule has 0 aromatic heterocycles. The van der Waals surface area contributed by atoms with Gasteiger partial charge in [0.05, 0.1) is 5.60 Å². The van der Waals surface area contributed by atoms with Crippen LogP contribution in [0.15, 0.2) is 18.2 Å². The topological polar surface area (TPSA) is 32.3 Å². The molecule has 0 radical (unpaired) electrons. The highest BCUT2D eigenvalue weighted by molar-refractivity contribution is 5.30. The number of benzene rings is 1. The lowest BCUT2D eigenvalue weighted by Crippen LogP contribution is -2.38. The highest BCUT2D eigenvalue weighted by Crippen LogP contribution is 2.16. The SMILES string of the molecule is Cc1ccc(C)c(CNCC(C)(O)CC(C)C)c1. The molecule has 0 fully saturated rings. The lowest BCUT2D eigenvalue weighted by Gasteiger charge is -2.26. The summed E-state index contributed by atoms with van der Waals surface area (Å²) < 4.78 is 0. The van der Waals surface area contributed by atoms with E-state index >= 15 is 0 Å². The zero-order valence-electron chi connectivity index (χ0n) is 12.4. The van der Waals surface area contributed by atoms with Crippen molar-refractivity contribution in [1.82, 2.24) is 5.32 Å².